The second-order valence-electron chi connectivity index (χ2n) is 7.08. The lowest BCUT2D eigenvalue weighted by Gasteiger charge is -2.20. The number of nitrogens with one attached hydrogen (secondary N) is 1. The normalized spacial score (nSPS) is 11.7. The number of nitrogens with zero attached hydrogens (tertiary/aromatic N) is 1. The Kier molecular flexibility index (Phi) is 6.97. The van der Waals surface area contributed by atoms with Crippen molar-refractivity contribution in [2.45, 2.75) is 17.6 Å². The molecular formula is C23H21F3N2O4S. The number of amides is 1. The molecule has 1 N–H and O–H groups in total. The standard InChI is InChI=1S/C23H21F3N2O4S/c1-28(19-10-12-20(32-2)13-11-19)33(30,31)21-5-3-4-17(14-21)22(29)27-15-16-6-8-18(9-7-16)23(24,25)26/h3-14H,15H2,1-2H3,(H,27,29). The molecule has 0 aliphatic rings. The van der Waals surface area contributed by atoms with Gasteiger partial charge in [-0.3, -0.25) is 9.10 Å². The number of alkyl halides is 3. The Hall–Kier alpha value is -3.53. The van der Waals surface area contributed by atoms with Crippen LogP contribution >= 0.6 is 0 Å². The summed E-state index contributed by atoms with van der Waals surface area (Å²) in [5, 5.41) is 2.58. The number of anilines is 1. The third kappa shape index (κ3) is 5.64. The minimum atomic E-state index is -4.44. The van der Waals surface area contributed by atoms with E-state index in [0.717, 1.165) is 16.4 Å². The molecule has 3 aromatic rings. The van der Waals surface area contributed by atoms with Crippen LogP contribution in [0, 0.1) is 0 Å². The molecule has 0 saturated carbocycles. The number of methoxy groups -OCH3 is 1. The molecule has 10 heteroatoms. The van der Waals surface area contributed by atoms with E-state index in [1.807, 2.05) is 0 Å². The van der Waals surface area contributed by atoms with Crippen LogP contribution in [0.4, 0.5) is 18.9 Å². The smallest absolute Gasteiger partial charge is 0.416 e. The highest BCUT2D eigenvalue weighted by molar-refractivity contribution is 7.92. The molecule has 33 heavy (non-hydrogen) atoms. The summed E-state index contributed by atoms with van der Waals surface area (Å²) < 4.78 is 70.2. The molecule has 6 nitrogen and oxygen atoms in total. The van der Waals surface area contributed by atoms with Crippen molar-refractivity contribution >= 4 is 21.6 Å². The number of halogens is 3. The van der Waals surface area contributed by atoms with Crippen LogP contribution in [-0.2, 0) is 22.7 Å². The minimum Gasteiger partial charge on any atom is -0.497 e. The molecule has 0 fully saturated rings. The lowest BCUT2D eigenvalue weighted by Crippen LogP contribution is -2.27. The zero-order valence-corrected chi connectivity index (χ0v) is 18.6. The van der Waals surface area contributed by atoms with E-state index in [4.69, 9.17) is 4.74 Å². The SMILES string of the molecule is COc1ccc(N(C)S(=O)(=O)c2cccc(C(=O)NCc3ccc(C(F)(F)F)cc3)c2)cc1. The summed E-state index contributed by atoms with van der Waals surface area (Å²) in [4.78, 5) is 12.4. The van der Waals surface area contributed by atoms with Gasteiger partial charge in [0, 0.05) is 19.2 Å². The maximum absolute atomic E-state index is 13.0. The molecule has 0 aromatic heterocycles. The van der Waals surface area contributed by atoms with Crippen LogP contribution in [0.15, 0.2) is 77.7 Å². The average molecular weight is 478 g/mol. The molecule has 0 aliphatic carbocycles. The van der Waals surface area contributed by atoms with Crippen molar-refractivity contribution in [1.29, 1.82) is 0 Å². The zero-order chi connectivity index (χ0) is 24.2. The Labute approximate surface area is 189 Å². The van der Waals surface area contributed by atoms with Crippen molar-refractivity contribution in [3.05, 3.63) is 89.5 Å². The number of hydrogen-bond acceptors (Lipinski definition) is 4. The summed E-state index contributed by atoms with van der Waals surface area (Å²) >= 11 is 0. The third-order valence-electron chi connectivity index (χ3n) is 4.92. The first-order valence-corrected chi connectivity index (χ1v) is 11.1. The first-order chi connectivity index (χ1) is 15.5. The molecule has 0 saturated heterocycles. The van der Waals surface area contributed by atoms with Gasteiger partial charge in [0.1, 0.15) is 5.75 Å². The van der Waals surface area contributed by atoms with Crippen LogP contribution in [0.25, 0.3) is 0 Å². The fourth-order valence-electron chi connectivity index (χ4n) is 2.98. The van der Waals surface area contributed by atoms with E-state index in [1.54, 1.807) is 24.3 Å². The van der Waals surface area contributed by atoms with E-state index >= 15 is 0 Å². The molecule has 174 valence electrons. The predicted molar refractivity (Wildman–Crippen MR) is 118 cm³/mol. The lowest BCUT2D eigenvalue weighted by atomic mass is 10.1. The van der Waals surface area contributed by atoms with Gasteiger partial charge in [0.25, 0.3) is 15.9 Å². The van der Waals surface area contributed by atoms with E-state index < -0.39 is 27.7 Å². The Morgan fingerprint density at radius 3 is 2.21 bits per heavy atom. The molecule has 0 spiro atoms. The second kappa shape index (κ2) is 9.53. The maximum atomic E-state index is 13.0. The molecule has 0 aliphatic heterocycles. The quantitative estimate of drug-likeness (QED) is 0.544. The van der Waals surface area contributed by atoms with Crippen molar-refractivity contribution in [3.8, 4) is 5.75 Å². The Morgan fingerprint density at radius 1 is 1.00 bits per heavy atom. The van der Waals surface area contributed by atoms with E-state index in [1.165, 1.54) is 50.6 Å². The van der Waals surface area contributed by atoms with Gasteiger partial charge in [0.2, 0.25) is 0 Å². The van der Waals surface area contributed by atoms with Gasteiger partial charge in [0.05, 0.1) is 23.3 Å². The van der Waals surface area contributed by atoms with Crippen molar-refractivity contribution in [3.63, 3.8) is 0 Å². The van der Waals surface area contributed by atoms with Gasteiger partial charge in [-0.05, 0) is 60.2 Å². The van der Waals surface area contributed by atoms with E-state index in [9.17, 15) is 26.4 Å². The summed E-state index contributed by atoms with van der Waals surface area (Å²) in [5.74, 6) is 0.0234. The summed E-state index contributed by atoms with van der Waals surface area (Å²) in [6, 6.07) is 16.4. The van der Waals surface area contributed by atoms with E-state index in [0.29, 0.717) is 17.0 Å². The highest BCUT2D eigenvalue weighted by Gasteiger charge is 2.30. The first kappa shape index (κ1) is 24.1. The number of hydrogen-bond donors (Lipinski definition) is 1. The van der Waals surface area contributed by atoms with Crippen molar-refractivity contribution < 1.29 is 31.1 Å². The van der Waals surface area contributed by atoms with Gasteiger partial charge in [-0.2, -0.15) is 13.2 Å². The van der Waals surface area contributed by atoms with Gasteiger partial charge in [-0.15, -0.1) is 0 Å². The predicted octanol–water partition coefficient (Wildman–Crippen LogP) is 4.47. The number of carbonyl (C=O) groups is 1. The molecule has 3 aromatic carbocycles. The molecular weight excluding hydrogens is 457 g/mol. The Balaban J connectivity index is 1.73. The summed E-state index contributed by atoms with van der Waals surface area (Å²) in [6.07, 6.45) is -4.44. The largest absolute Gasteiger partial charge is 0.497 e. The summed E-state index contributed by atoms with van der Waals surface area (Å²) in [5.41, 5.74) is 0.204. The second-order valence-corrected chi connectivity index (χ2v) is 9.05. The van der Waals surface area contributed by atoms with Crippen LogP contribution in [0.3, 0.4) is 0 Å². The van der Waals surface area contributed by atoms with E-state index in [2.05, 4.69) is 5.32 Å². The fraction of sp³-hybridized carbons (Fsp3) is 0.174. The fourth-order valence-corrected chi connectivity index (χ4v) is 4.22. The third-order valence-corrected chi connectivity index (χ3v) is 6.71. The van der Waals surface area contributed by atoms with Gasteiger partial charge < -0.3 is 10.1 Å². The number of sulfonamides is 1. The maximum Gasteiger partial charge on any atom is 0.416 e. The molecule has 3 rings (SSSR count). The lowest BCUT2D eigenvalue weighted by molar-refractivity contribution is -0.137. The van der Waals surface area contributed by atoms with Crippen LogP contribution in [-0.4, -0.2) is 28.5 Å². The average Bonchev–Trinajstić information content (AvgIpc) is 2.82. The Morgan fingerprint density at radius 2 is 1.64 bits per heavy atom. The molecule has 0 unspecified atom stereocenters. The van der Waals surface area contributed by atoms with Crippen molar-refractivity contribution in [2.24, 2.45) is 0 Å². The number of rotatable bonds is 7. The molecule has 0 radical (unpaired) electrons. The number of benzene rings is 3. The highest BCUT2D eigenvalue weighted by Crippen LogP contribution is 2.29. The number of ether oxygens (including phenoxy) is 1. The van der Waals surface area contributed by atoms with Gasteiger partial charge >= 0.3 is 6.18 Å². The summed E-state index contributed by atoms with van der Waals surface area (Å²) in [6.45, 7) is -0.0142. The topological polar surface area (TPSA) is 75.7 Å². The molecule has 1 amide bonds. The Bertz CT molecular complexity index is 1230. The van der Waals surface area contributed by atoms with E-state index in [-0.39, 0.29) is 17.0 Å². The number of carbonyl (C=O) groups excluding carboxylic acids is 1. The van der Waals surface area contributed by atoms with Crippen LogP contribution in [0.2, 0.25) is 0 Å². The van der Waals surface area contributed by atoms with Crippen molar-refractivity contribution in [2.75, 3.05) is 18.5 Å². The molecule has 0 bridgehead atoms. The molecule has 0 atom stereocenters. The minimum absolute atomic E-state index is 0.0142. The van der Waals surface area contributed by atoms with Gasteiger partial charge in [0.15, 0.2) is 0 Å². The van der Waals surface area contributed by atoms with Gasteiger partial charge in [-0.1, -0.05) is 18.2 Å². The monoisotopic (exact) mass is 478 g/mol. The first-order valence-electron chi connectivity index (χ1n) is 9.70. The van der Waals surface area contributed by atoms with Crippen LogP contribution in [0.1, 0.15) is 21.5 Å². The van der Waals surface area contributed by atoms with Crippen LogP contribution < -0.4 is 14.4 Å². The molecule has 0 heterocycles. The zero-order valence-electron chi connectivity index (χ0n) is 17.8. The van der Waals surface area contributed by atoms with Crippen LogP contribution in [0.5, 0.6) is 5.75 Å². The van der Waals surface area contributed by atoms with Gasteiger partial charge in [-0.25, -0.2) is 8.42 Å². The van der Waals surface area contributed by atoms with Crippen molar-refractivity contribution in [1.82, 2.24) is 5.32 Å². The summed E-state index contributed by atoms with van der Waals surface area (Å²) in [7, 11) is -1.05. The highest BCUT2D eigenvalue weighted by atomic mass is 32.2.